The molecule has 4 aromatic rings. The van der Waals surface area contributed by atoms with Crippen molar-refractivity contribution in [1.29, 1.82) is 0 Å². The van der Waals surface area contributed by atoms with Crippen molar-refractivity contribution in [1.82, 2.24) is 5.16 Å². The number of benzene rings is 3. The van der Waals surface area contributed by atoms with Crippen LogP contribution in [0.15, 0.2) is 71.3 Å². The Bertz CT molecular complexity index is 1350. The van der Waals surface area contributed by atoms with Crippen molar-refractivity contribution < 1.29 is 28.5 Å². The number of anilines is 1. The number of rotatable bonds is 7. The molecule has 0 atom stereocenters. The molecule has 0 aliphatic rings. The predicted octanol–water partition coefficient (Wildman–Crippen LogP) is 4.21. The topological polar surface area (TPSA) is 134 Å². The molecular weight excluding hydrogens is 430 g/mol. The summed E-state index contributed by atoms with van der Waals surface area (Å²) >= 11 is 0. The largest absolute Gasteiger partial charge is 0.496 e. The summed E-state index contributed by atoms with van der Waals surface area (Å²) in [5.74, 6) is -0.695. The van der Waals surface area contributed by atoms with Crippen molar-refractivity contribution in [2.45, 2.75) is 0 Å². The lowest BCUT2D eigenvalue weighted by molar-refractivity contribution is -0.384. The summed E-state index contributed by atoms with van der Waals surface area (Å²) in [7, 11) is 1.37. The SMILES string of the molecule is COc1ccc(NC(=O)COC(=O)c2ccc3noc(-c4ccccc4)c3c2)c([N+](=O)[O-])c1. The second kappa shape index (κ2) is 9.18. The van der Waals surface area contributed by atoms with E-state index in [1.165, 1.54) is 31.4 Å². The molecule has 4 rings (SSSR count). The van der Waals surface area contributed by atoms with E-state index in [0.29, 0.717) is 16.7 Å². The summed E-state index contributed by atoms with van der Waals surface area (Å²) in [4.78, 5) is 35.3. The minimum atomic E-state index is -0.739. The molecule has 1 amide bonds. The highest BCUT2D eigenvalue weighted by Crippen LogP contribution is 2.30. The van der Waals surface area contributed by atoms with E-state index in [1.807, 2.05) is 30.3 Å². The van der Waals surface area contributed by atoms with Crippen LogP contribution in [-0.2, 0) is 9.53 Å². The van der Waals surface area contributed by atoms with Crippen LogP contribution >= 0.6 is 0 Å². The lowest BCUT2D eigenvalue weighted by atomic mass is 10.1. The van der Waals surface area contributed by atoms with Crippen LogP contribution in [0.3, 0.4) is 0 Å². The Hall–Kier alpha value is -4.73. The zero-order valence-electron chi connectivity index (χ0n) is 17.3. The third kappa shape index (κ3) is 4.64. The average Bonchev–Trinajstić information content (AvgIpc) is 3.26. The highest BCUT2D eigenvalue weighted by Gasteiger charge is 2.19. The second-order valence-corrected chi connectivity index (χ2v) is 6.87. The fourth-order valence-electron chi connectivity index (χ4n) is 3.16. The first-order chi connectivity index (χ1) is 16.0. The third-order valence-electron chi connectivity index (χ3n) is 4.76. The summed E-state index contributed by atoms with van der Waals surface area (Å²) in [6, 6.07) is 18.0. The van der Waals surface area contributed by atoms with Crippen LogP contribution in [0.4, 0.5) is 11.4 Å². The maximum Gasteiger partial charge on any atom is 0.338 e. The quantitative estimate of drug-likeness (QED) is 0.253. The van der Waals surface area contributed by atoms with Gasteiger partial charge in [-0.1, -0.05) is 35.5 Å². The predicted molar refractivity (Wildman–Crippen MR) is 118 cm³/mol. The minimum absolute atomic E-state index is 0.0414. The first-order valence-corrected chi connectivity index (χ1v) is 9.70. The molecule has 166 valence electrons. The third-order valence-corrected chi connectivity index (χ3v) is 4.76. The summed E-state index contributed by atoms with van der Waals surface area (Å²) in [5, 5.41) is 18.2. The molecule has 0 saturated heterocycles. The van der Waals surface area contributed by atoms with Crippen molar-refractivity contribution in [3.63, 3.8) is 0 Å². The lowest BCUT2D eigenvalue weighted by Crippen LogP contribution is -2.21. The van der Waals surface area contributed by atoms with E-state index in [9.17, 15) is 19.7 Å². The number of ether oxygens (including phenoxy) is 2. The fourth-order valence-corrected chi connectivity index (χ4v) is 3.16. The van der Waals surface area contributed by atoms with Gasteiger partial charge in [-0.25, -0.2) is 4.79 Å². The molecule has 0 fully saturated rings. The van der Waals surface area contributed by atoms with E-state index in [2.05, 4.69) is 10.5 Å². The molecule has 3 aromatic carbocycles. The first-order valence-electron chi connectivity index (χ1n) is 9.70. The zero-order valence-corrected chi connectivity index (χ0v) is 17.3. The van der Waals surface area contributed by atoms with Gasteiger partial charge in [0, 0.05) is 5.56 Å². The maximum absolute atomic E-state index is 12.5. The van der Waals surface area contributed by atoms with Gasteiger partial charge >= 0.3 is 5.97 Å². The van der Waals surface area contributed by atoms with E-state index in [-0.39, 0.29) is 22.7 Å². The van der Waals surface area contributed by atoms with E-state index in [0.717, 1.165) is 5.56 Å². The van der Waals surface area contributed by atoms with E-state index >= 15 is 0 Å². The number of carbonyl (C=O) groups excluding carboxylic acids is 2. The molecule has 1 N–H and O–H groups in total. The molecule has 0 saturated carbocycles. The maximum atomic E-state index is 12.5. The van der Waals surface area contributed by atoms with Gasteiger partial charge in [0.15, 0.2) is 12.4 Å². The number of nitrogens with one attached hydrogen (secondary N) is 1. The molecular formula is C23H17N3O7. The Balaban J connectivity index is 1.46. The first kappa shape index (κ1) is 21.5. The van der Waals surface area contributed by atoms with Crippen LogP contribution in [0.1, 0.15) is 10.4 Å². The van der Waals surface area contributed by atoms with Gasteiger partial charge in [0.1, 0.15) is 17.0 Å². The van der Waals surface area contributed by atoms with Gasteiger partial charge in [-0.05, 0) is 30.3 Å². The van der Waals surface area contributed by atoms with Crippen LogP contribution < -0.4 is 10.1 Å². The molecule has 0 aliphatic carbocycles. The van der Waals surface area contributed by atoms with E-state index < -0.39 is 23.4 Å². The van der Waals surface area contributed by atoms with Crippen LogP contribution in [0.5, 0.6) is 5.75 Å². The Morgan fingerprint density at radius 1 is 1.09 bits per heavy atom. The van der Waals surface area contributed by atoms with E-state index in [1.54, 1.807) is 12.1 Å². The molecule has 1 heterocycles. The normalized spacial score (nSPS) is 10.6. The van der Waals surface area contributed by atoms with Crippen molar-refractivity contribution in [2.75, 3.05) is 19.0 Å². The van der Waals surface area contributed by atoms with Gasteiger partial charge in [-0.3, -0.25) is 14.9 Å². The molecule has 0 aliphatic heterocycles. The Morgan fingerprint density at radius 2 is 1.88 bits per heavy atom. The Labute approximate surface area is 186 Å². The molecule has 0 spiro atoms. The zero-order chi connectivity index (χ0) is 23.4. The van der Waals surface area contributed by atoms with Crippen LogP contribution in [0.2, 0.25) is 0 Å². The van der Waals surface area contributed by atoms with Gasteiger partial charge in [0.2, 0.25) is 0 Å². The number of amides is 1. The highest BCUT2D eigenvalue weighted by atomic mass is 16.6. The number of carbonyl (C=O) groups is 2. The number of nitro groups is 1. The number of nitrogens with zero attached hydrogens (tertiary/aromatic N) is 2. The van der Waals surface area contributed by atoms with Crippen LogP contribution in [0, 0.1) is 10.1 Å². The number of hydrogen-bond donors (Lipinski definition) is 1. The molecule has 1 aromatic heterocycles. The molecule has 10 nitrogen and oxygen atoms in total. The standard InChI is InChI=1S/C23H17N3O7/c1-31-16-8-10-19(20(12-16)26(29)30)24-21(27)13-32-23(28)15-7-9-18-17(11-15)22(33-25-18)14-5-3-2-4-6-14/h2-12H,13H2,1H3,(H,24,27). The second-order valence-electron chi connectivity index (χ2n) is 6.87. The number of fused-ring (bicyclic) bond motifs is 1. The van der Waals surface area contributed by atoms with Crippen molar-refractivity contribution >= 4 is 34.2 Å². The van der Waals surface area contributed by atoms with Crippen LogP contribution in [-0.4, -0.2) is 35.7 Å². The summed E-state index contributed by atoms with van der Waals surface area (Å²) in [6.45, 7) is -0.630. The highest BCUT2D eigenvalue weighted by molar-refractivity contribution is 6.00. The van der Waals surface area contributed by atoms with E-state index in [4.69, 9.17) is 14.0 Å². The van der Waals surface area contributed by atoms with Crippen LogP contribution in [0.25, 0.3) is 22.2 Å². The fraction of sp³-hybridized carbons (Fsp3) is 0.0870. The van der Waals surface area contributed by atoms with Gasteiger partial charge in [0.25, 0.3) is 11.6 Å². The molecule has 33 heavy (non-hydrogen) atoms. The average molecular weight is 447 g/mol. The number of aromatic nitrogens is 1. The van der Waals surface area contributed by atoms with Crippen molar-refractivity contribution in [2.24, 2.45) is 0 Å². The lowest BCUT2D eigenvalue weighted by Gasteiger charge is -2.08. The molecule has 10 heteroatoms. The summed E-state index contributed by atoms with van der Waals surface area (Å²) < 4.78 is 15.5. The number of esters is 1. The summed E-state index contributed by atoms with van der Waals surface area (Å²) in [5.41, 5.74) is 1.17. The monoisotopic (exact) mass is 447 g/mol. The van der Waals surface area contributed by atoms with Gasteiger partial charge < -0.3 is 19.3 Å². The smallest absolute Gasteiger partial charge is 0.338 e. The number of hydrogen-bond acceptors (Lipinski definition) is 8. The molecule has 0 bridgehead atoms. The minimum Gasteiger partial charge on any atom is -0.496 e. The van der Waals surface area contributed by atoms with Gasteiger partial charge in [0.05, 0.1) is 29.0 Å². The van der Waals surface area contributed by atoms with Crippen molar-refractivity contribution in [3.8, 4) is 17.1 Å². The Kier molecular flexibility index (Phi) is 5.98. The Morgan fingerprint density at radius 3 is 2.61 bits per heavy atom. The van der Waals surface area contributed by atoms with Gasteiger partial charge in [-0.15, -0.1) is 0 Å². The summed E-state index contributed by atoms with van der Waals surface area (Å²) in [6.07, 6.45) is 0. The molecule has 0 unspecified atom stereocenters. The van der Waals surface area contributed by atoms with Gasteiger partial charge in [-0.2, -0.15) is 0 Å². The van der Waals surface area contributed by atoms with Crippen molar-refractivity contribution in [3.05, 3.63) is 82.4 Å². The number of methoxy groups -OCH3 is 1. The number of nitro benzene ring substituents is 1. The molecule has 0 radical (unpaired) electrons.